The summed E-state index contributed by atoms with van der Waals surface area (Å²) >= 11 is 0. The first-order valence-corrected chi connectivity index (χ1v) is 9.61. The Bertz CT molecular complexity index is 894. The van der Waals surface area contributed by atoms with E-state index in [2.05, 4.69) is 28.9 Å². The molecule has 0 spiro atoms. The van der Waals surface area contributed by atoms with Crippen LogP contribution in [0, 0.1) is 11.8 Å². The van der Waals surface area contributed by atoms with E-state index in [1.807, 2.05) is 11.0 Å². The minimum Gasteiger partial charge on any atom is -0.379 e. The zero-order valence-electron chi connectivity index (χ0n) is 15.9. The first-order valence-electron chi connectivity index (χ1n) is 9.61. The van der Waals surface area contributed by atoms with Gasteiger partial charge in [0.15, 0.2) is 5.69 Å². The summed E-state index contributed by atoms with van der Waals surface area (Å²) in [6, 6.07) is 7.33. The molecule has 4 rings (SSSR count). The summed E-state index contributed by atoms with van der Waals surface area (Å²) in [5.74, 6) is 0.735. The lowest BCUT2D eigenvalue weighted by atomic mass is 10.1. The first kappa shape index (κ1) is 18.1. The Morgan fingerprint density at radius 1 is 1.22 bits per heavy atom. The number of ether oxygens (including phenoxy) is 1. The van der Waals surface area contributed by atoms with Gasteiger partial charge in [-0.05, 0) is 12.0 Å². The number of H-pyrrole nitrogens is 1. The van der Waals surface area contributed by atoms with Crippen molar-refractivity contribution in [3.05, 3.63) is 40.3 Å². The van der Waals surface area contributed by atoms with Gasteiger partial charge in [0.2, 0.25) is 0 Å². The number of amides is 1. The van der Waals surface area contributed by atoms with E-state index in [4.69, 9.17) is 4.74 Å². The Labute approximate surface area is 158 Å². The van der Waals surface area contributed by atoms with Gasteiger partial charge in [0, 0.05) is 37.5 Å². The van der Waals surface area contributed by atoms with Crippen molar-refractivity contribution in [2.75, 3.05) is 39.4 Å². The molecule has 7 nitrogen and oxygen atoms in total. The van der Waals surface area contributed by atoms with Crippen molar-refractivity contribution in [3.8, 4) is 0 Å². The minimum atomic E-state index is -0.272. The highest BCUT2D eigenvalue weighted by Crippen LogP contribution is 2.23. The topological polar surface area (TPSA) is 78.5 Å². The second-order valence-corrected chi connectivity index (χ2v) is 8.06. The molecule has 0 saturated carbocycles. The van der Waals surface area contributed by atoms with E-state index in [0.29, 0.717) is 48.7 Å². The smallest absolute Gasteiger partial charge is 0.275 e. The highest BCUT2D eigenvalue weighted by molar-refractivity contribution is 6.04. The quantitative estimate of drug-likeness (QED) is 0.882. The van der Waals surface area contributed by atoms with Crippen LogP contribution < -0.4 is 5.56 Å². The van der Waals surface area contributed by atoms with Crippen molar-refractivity contribution in [1.82, 2.24) is 20.0 Å². The van der Waals surface area contributed by atoms with Gasteiger partial charge in [0.1, 0.15) is 0 Å². The fraction of sp³-hybridized carbons (Fsp3) is 0.550. The molecule has 0 aliphatic carbocycles. The van der Waals surface area contributed by atoms with E-state index < -0.39 is 0 Å². The number of benzene rings is 1. The molecule has 2 atom stereocenters. The summed E-state index contributed by atoms with van der Waals surface area (Å²) < 4.78 is 5.85. The summed E-state index contributed by atoms with van der Waals surface area (Å²) in [7, 11) is 0. The maximum absolute atomic E-state index is 13.3. The van der Waals surface area contributed by atoms with Crippen LogP contribution in [0.3, 0.4) is 0 Å². The van der Waals surface area contributed by atoms with Crippen molar-refractivity contribution >= 4 is 16.7 Å². The van der Waals surface area contributed by atoms with Crippen LogP contribution in [-0.4, -0.2) is 71.3 Å². The van der Waals surface area contributed by atoms with E-state index in [1.165, 1.54) is 0 Å². The third kappa shape index (κ3) is 3.61. The van der Waals surface area contributed by atoms with Crippen molar-refractivity contribution < 1.29 is 9.53 Å². The molecule has 27 heavy (non-hydrogen) atoms. The van der Waals surface area contributed by atoms with Crippen LogP contribution in [-0.2, 0) is 4.74 Å². The highest BCUT2D eigenvalue weighted by Gasteiger charge is 2.36. The third-order valence-corrected chi connectivity index (χ3v) is 5.37. The minimum absolute atomic E-state index is 0.120. The van der Waals surface area contributed by atoms with Gasteiger partial charge in [0.05, 0.1) is 24.6 Å². The lowest BCUT2D eigenvalue weighted by Gasteiger charge is -2.32. The molecule has 1 amide bonds. The summed E-state index contributed by atoms with van der Waals surface area (Å²) in [5.41, 5.74) is 0.0490. The van der Waals surface area contributed by atoms with Gasteiger partial charge in [-0.3, -0.25) is 14.5 Å². The Balaban J connectivity index is 1.65. The molecule has 2 aromatic rings. The van der Waals surface area contributed by atoms with Gasteiger partial charge < -0.3 is 9.64 Å². The van der Waals surface area contributed by atoms with Crippen molar-refractivity contribution in [3.63, 3.8) is 0 Å². The Kier molecular flexibility index (Phi) is 4.97. The van der Waals surface area contributed by atoms with E-state index in [0.717, 1.165) is 13.1 Å². The molecule has 2 aliphatic heterocycles. The standard InChI is InChI=1S/C20H26N4O3/c1-13(2)7-23-8-14-9-24(10-15(23)12-27-11-14)20(26)18-16-5-3-4-6-17(16)19(25)22-21-18/h3-6,13-15H,7-12H2,1-2H3,(H,22,25)/t14-,15+/m1/s1. The van der Waals surface area contributed by atoms with Crippen LogP contribution >= 0.6 is 0 Å². The fourth-order valence-electron chi connectivity index (χ4n) is 4.21. The van der Waals surface area contributed by atoms with Gasteiger partial charge in [0.25, 0.3) is 11.5 Å². The predicted molar refractivity (Wildman–Crippen MR) is 103 cm³/mol. The number of carbonyl (C=O) groups excluding carboxylic acids is 1. The molecule has 2 saturated heterocycles. The lowest BCUT2D eigenvalue weighted by molar-refractivity contribution is 0.0400. The largest absolute Gasteiger partial charge is 0.379 e. The zero-order valence-corrected chi connectivity index (χ0v) is 15.9. The molecule has 1 aromatic heterocycles. The average molecular weight is 370 g/mol. The molecule has 2 fully saturated rings. The number of hydrogen-bond donors (Lipinski definition) is 1. The number of fused-ring (bicyclic) bond motifs is 4. The van der Waals surface area contributed by atoms with E-state index >= 15 is 0 Å². The molecule has 1 N–H and O–H groups in total. The van der Waals surface area contributed by atoms with E-state index in [-0.39, 0.29) is 23.4 Å². The second kappa shape index (κ2) is 7.40. The fourth-order valence-corrected chi connectivity index (χ4v) is 4.21. The third-order valence-electron chi connectivity index (χ3n) is 5.37. The second-order valence-electron chi connectivity index (χ2n) is 8.06. The average Bonchev–Trinajstić information content (AvgIpc) is 2.91. The van der Waals surface area contributed by atoms with Crippen LogP contribution in [0.4, 0.5) is 0 Å². The number of carbonyl (C=O) groups is 1. The predicted octanol–water partition coefficient (Wildman–Crippen LogP) is 1.35. The first-order chi connectivity index (χ1) is 13.0. The van der Waals surface area contributed by atoms with Crippen LogP contribution in [0.1, 0.15) is 24.3 Å². The van der Waals surface area contributed by atoms with Crippen LogP contribution in [0.15, 0.2) is 29.1 Å². The Morgan fingerprint density at radius 2 is 2.00 bits per heavy atom. The molecule has 2 aliphatic rings. The summed E-state index contributed by atoms with van der Waals surface area (Å²) in [5, 5.41) is 7.68. The molecule has 0 unspecified atom stereocenters. The SMILES string of the molecule is CC(C)CN1C[C@H]2COC[C@@H]1CN(C(=O)c1n[nH]c(=O)c3ccccc13)C2. The highest BCUT2D eigenvalue weighted by atomic mass is 16.5. The van der Waals surface area contributed by atoms with Crippen molar-refractivity contribution in [2.45, 2.75) is 19.9 Å². The summed E-state index contributed by atoms with van der Waals surface area (Å²) in [4.78, 5) is 29.7. The van der Waals surface area contributed by atoms with E-state index in [9.17, 15) is 9.59 Å². The Hall–Kier alpha value is -2.25. The number of hydrogen-bond acceptors (Lipinski definition) is 5. The van der Waals surface area contributed by atoms with Gasteiger partial charge >= 0.3 is 0 Å². The van der Waals surface area contributed by atoms with Gasteiger partial charge in [-0.15, -0.1) is 0 Å². The summed E-state index contributed by atoms with van der Waals surface area (Å²) in [6.07, 6.45) is 0. The maximum Gasteiger partial charge on any atom is 0.275 e. The summed E-state index contributed by atoms with van der Waals surface area (Å²) in [6.45, 7) is 8.99. The molecular weight excluding hydrogens is 344 g/mol. The van der Waals surface area contributed by atoms with Gasteiger partial charge in [-0.1, -0.05) is 32.0 Å². The molecule has 1 aromatic carbocycles. The molecule has 144 valence electrons. The van der Waals surface area contributed by atoms with Gasteiger partial charge in [-0.2, -0.15) is 5.10 Å². The molecule has 2 bridgehead atoms. The number of nitrogens with zero attached hydrogens (tertiary/aromatic N) is 3. The van der Waals surface area contributed by atoms with Crippen LogP contribution in [0.2, 0.25) is 0 Å². The van der Waals surface area contributed by atoms with E-state index in [1.54, 1.807) is 18.2 Å². The van der Waals surface area contributed by atoms with Crippen LogP contribution in [0.5, 0.6) is 0 Å². The number of rotatable bonds is 3. The molecule has 3 heterocycles. The van der Waals surface area contributed by atoms with Crippen molar-refractivity contribution in [2.24, 2.45) is 11.8 Å². The molecule has 0 radical (unpaired) electrons. The number of aromatic nitrogens is 2. The lowest BCUT2D eigenvalue weighted by Crippen LogP contribution is -2.47. The Morgan fingerprint density at radius 3 is 2.78 bits per heavy atom. The molecule has 7 heteroatoms. The monoisotopic (exact) mass is 370 g/mol. The van der Waals surface area contributed by atoms with Crippen molar-refractivity contribution in [1.29, 1.82) is 0 Å². The van der Waals surface area contributed by atoms with Gasteiger partial charge in [-0.25, -0.2) is 5.10 Å². The molecular formula is C20H26N4O3. The maximum atomic E-state index is 13.3. The van der Waals surface area contributed by atoms with Crippen LogP contribution in [0.25, 0.3) is 10.8 Å². The number of nitrogens with one attached hydrogen (secondary N) is 1. The normalized spacial score (nSPS) is 23.6. The zero-order chi connectivity index (χ0) is 19.0. The number of aromatic amines is 1.